The maximum atomic E-state index is 12.6. The van der Waals surface area contributed by atoms with Crippen LogP contribution in [0.4, 0.5) is 0 Å². The van der Waals surface area contributed by atoms with Gasteiger partial charge in [-0.15, -0.1) is 0 Å². The summed E-state index contributed by atoms with van der Waals surface area (Å²) in [4.78, 5) is 49.5. The lowest BCUT2D eigenvalue weighted by molar-refractivity contribution is -0.121. The zero-order valence-electron chi connectivity index (χ0n) is 19.9. The highest BCUT2D eigenvalue weighted by molar-refractivity contribution is 5.95. The summed E-state index contributed by atoms with van der Waals surface area (Å²) in [5.41, 5.74) is -0.231. The number of carbonyl (C=O) groups excluding carboxylic acids is 2. The highest BCUT2D eigenvalue weighted by Gasteiger charge is 2.21. The Labute approximate surface area is 208 Å². The van der Waals surface area contributed by atoms with Crippen LogP contribution < -0.4 is 21.3 Å². The molecular weight excluding hydrogens is 462 g/mol. The van der Waals surface area contributed by atoms with Gasteiger partial charge in [-0.1, -0.05) is 30.3 Å². The van der Waals surface area contributed by atoms with Crippen molar-refractivity contribution in [1.82, 2.24) is 14.5 Å². The van der Waals surface area contributed by atoms with Crippen molar-refractivity contribution in [3.8, 4) is 5.75 Å². The molecule has 1 aromatic heterocycles. The van der Waals surface area contributed by atoms with Gasteiger partial charge in [-0.3, -0.25) is 19.0 Å². The molecule has 4 rings (SSSR count). The van der Waals surface area contributed by atoms with Crippen molar-refractivity contribution in [2.75, 3.05) is 19.8 Å². The van der Waals surface area contributed by atoms with Crippen molar-refractivity contribution in [2.45, 2.75) is 32.4 Å². The monoisotopic (exact) mass is 491 g/mol. The fourth-order valence-corrected chi connectivity index (χ4v) is 3.57. The number of nitrogens with zero attached hydrogens (tertiary/aromatic N) is 2. The molecule has 1 heterocycles. The normalized spacial score (nSPS) is 12.8. The minimum absolute atomic E-state index is 0.109. The maximum Gasteiger partial charge on any atom is 0.340 e. The van der Waals surface area contributed by atoms with Crippen molar-refractivity contribution in [3.63, 3.8) is 0 Å². The smallest absolute Gasteiger partial charge is 0.340 e. The second-order valence-electron chi connectivity index (χ2n) is 8.70. The van der Waals surface area contributed by atoms with Crippen LogP contribution in [-0.2, 0) is 22.7 Å². The third-order valence-electron chi connectivity index (χ3n) is 5.80. The average Bonchev–Trinajstić information content (AvgIpc) is 3.73. The van der Waals surface area contributed by atoms with E-state index in [1.54, 1.807) is 18.2 Å². The zero-order chi connectivity index (χ0) is 25.3. The van der Waals surface area contributed by atoms with Gasteiger partial charge in [0, 0.05) is 30.8 Å². The van der Waals surface area contributed by atoms with E-state index in [4.69, 9.17) is 9.47 Å². The Balaban J connectivity index is 1.20. The standard InChI is InChI=1S/C27H29N3O6/c31-24(12-11-20-5-4-8-23(17-20)36-18-21-9-10-21)28-14-16-35-19-29-15-13-25(32)30(27(29)34)26(33)22-6-2-1-3-7-22/h1-8,13,15,17,21H,9-12,14,16,18-19H2,(H,28,31). The highest BCUT2D eigenvalue weighted by atomic mass is 16.5. The molecule has 0 aliphatic heterocycles. The lowest BCUT2D eigenvalue weighted by Crippen LogP contribution is -2.43. The molecule has 1 aliphatic carbocycles. The van der Waals surface area contributed by atoms with Crippen molar-refractivity contribution in [2.24, 2.45) is 5.92 Å². The van der Waals surface area contributed by atoms with E-state index in [0.717, 1.165) is 28.6 Å². The molecule has 1 aliphatic rings. The molecule has 0 unspecified atom stereocenters. The maximum absolute atomic E-state index is 12.6. The molecule has 36 heavy (non-hydrogen) atoms. The van der Waals surface area contributed by atoms with Crippen LogP contribution in [0.3, 0.4) is 0 Å². The second-order valence-corrected chi connectivity index (χ2v) is 8.70. The number of benzene rings is 2. The van der Waals surface area contributed by atoms with E-state index < -0.39 is 17.2 Å². The molecule has 1 saturated carbocycles. The molecule has 9 heteroatoms. The van der Waals surface area contributed by atoms with Crippen LogP contribution in [0.2, 0.25) is 0 Å². The van der Waals surface area contributed by atoms with Crippen LogP contribution in [0, 0.1) is 5.92 Å². The van der Waals surface area contributed by atoms with Gasteiger partial charge in [-0.2, -0.15) is 4.57 Å². The van der Waals surface area contributed by atoms with Gasteiger partial charge in [0.05, 0.1) is 13.2 Å². The van der Waals surface area contributed by atoms with Crippen LogP contribution in [-0.4, -0.2) is 40.7 Å². The average molecular weight is 492 g/mol. The predicted octanol–water partition coefficient (Wildman–Crippen LogP) is 2.21. The molecule has 3 aromatic rings. The largest absolute Gasteiger partial charge is 0.493 e. The molecule has 9 nitrogen and oxygen atoms in total. The Hall–Kier alpha value is -3.98. The first-order valence-corrected chi connectivity index (χ1v) is 12.0. The molecule has 0 bridgehead atoms. The summed E-state index contributed by atoms with van der Waals surface area (Å²) in [5.74, 6) is 0.707. The second kappa shape index (κ2) is 12.1. The topological polar surface area (TPSA) is 109 Å². The summed E-state index contributed by atoms with van der Waals surface area (Å²) in [6.45, 7) is 1.01. The van der Waals surface area contributed by atoms with E-state index in [2.05, 4.69) is 5.32 Å². The molecular formula is C27H29N3O6. The van der Waals surface area contributed by atoms with E-state index in [-0.39, 0.29) is 31.4 Å². The summed E-state index contributed by atoms with van der Waals surface area (Å²) < 4.78 is 13.0. The number of aromatic nitrogens is 2. The lowest BCUT2D eigenvalue weighted by atomic mass is 10.1. The van der Waals surface area contributed by atoms with E-state index in [1.807, 2.05) is 24.3 Å². The van der Waals surface area contributed by atoms with Crippen LogP contribution >= 0.6 is 0 Å². The van der Waals surface area contributed by atoms with E-state index in [0.29, 0.717) is 23.3 Å². The fourth-order valence-electron chi connectivity index (χ4n) is 3.57. The molecule has 1 fully saturated rings. The van der Waals surface area contributed by atoms with Gasteiger partial charge in [-0.25, -0.2) is 4.79 Å². The van der Waals surface area contributed by atoms with Gasteiger partial charge in [0.1, 0.15) is 12.5 Å². The van der Waals surface area contributed by atoms with E-state index >= 15 is 0 Å². The molecule has 0 saturated heterocycles. The number of rotatable bonds is 12. The van der Waals surface area contributed by atoms with Gasteiger partial charge in [0.25, 0.3) is 11.5 Å². The van der Waals surface area contributed by atoms with Crippen molar-refractivity contribution in [1.29, 1.82) is 0 Å². The van der Waals surface area contributed by atoms with E-state index in [9.17, 15) is 19.2 Å². The van der Waals surface area contributed by atoms with Gasteiger partial charge in [-0.05, 0) is 55.0 Å². The first-order chi connectivity index (χ1) is 17.5. The minimum atomic E-state index is -0.788. The summed E-state index contributed by atoms with van der Waals surface area (Å²) in [7, 11) is 0. The molecule has 0 spiro atoms. The Morgan fingerprint density at radius 1 is 1.00 bits per heavy atom. The third-order valence-corrected chi connectivity index (χ3v) is 5.80. The summed E-state index contributed by atoms with van der Waals surface area (Å²) in [6, 6.07) is 17.0. The molecule has 0 atom stereocenters. The summed E-state index contributed by atoms with van der Waals surface area (Å²) >= 11 is 0. The van der Waals surface area contributed by atoms with Crippen molar-refractivity contribution >= 4 is 11.8 Å². The highest BCUT2D eigenvalue weighted by Crippen LogP contribution is 2.29. The number of aryl methyl sites for hydroxylation is 1. The molecule has 1 amide bonds. The Kier molecular flexibility index (Phi) is 8.46. The minimum Gasteiger partial charge on any atom is -0.493 e. The Morgan fingerprint density at radius 3 is 2.58 bits per heavy atom. The van der Waals surface area contributed by atoms with Crippen molar-refractivity contribution < 1.29 is 19.1 Å². The fraction of sp³-hybridized carbons (Fsp3) is 0.333. The van der Waals surface area contributed by atoms with Crippen LogP contribution in [0.5, 0.6) is 5.75 Å². The predicted molar refractivity (Wildman–Crippen MR) is 133 cm³/mol. The number of carbonyl (C=O) groups is 2. The first kappa shape index (κ1) is 25.1. The molecule has 0 radical (unpaired) electrons. The summed E-state index contributed by atoms with van der Waals surface area (Å²) in [5, 5.41) is 2.79. The van der Waals surface area contributed by atoms with Crippen LogP contribution in [0.15, 0.2) is 76.4 Å². The number of amides is 1. The molecule has 2 aromatic carbocycles. The first-order valence-electron chi connectivity index (χ1n) is 12.0. The number of ether oxygens (including phenoxy) is 2. The molecule has 188 valence electrons. The number of hydrogen-bond acceptors (Lipinski definition) is 6. The Bertz CT molecular complexity index is 1310. The number of hydrogen-bond donors (Lipinski definition) is 1. The van der Waals surface area contributed by atoms with Gasteiger partial charge >= 0.3 is 5.69 Å². The molecule has 1 N–H and O–H groups in total. The Morgan fingerprint density at radius 2 is 1.81 bits per heavy atom. The SMILES string of the molecule is O=C(CCc1cccc(OCC2CC2)c1)NCCOCn1ccc(=O)n(C(=O)c2ccccc2)c1=O. The third kappa shape index (κ3) is 7.02. The van der Waals surface area contributed by atoms with Gasteiger partial charge < -0.3 is 14.8 Å². The van der Waals surface area contributed by atoms with Gasteiger partial charge in [0.15, 0.2) is 0 Å². The van der Waals surface area contributed by atoms with Gasteiger partial charge in [0.2, 0.25) is 5.91 Å². The van der Waals surface area contributed by atoms with Crippen LogP contribution in [0.1, 0.15) is 35.2 Å². The summed E-state index contributed by atoms with van der Waals surface area (Å²) in [6.07, 6.45) is 4.68. The quantitative estimate of drug-likeness (QED) is 0.389. The van der Waals surface area contributed by atoms with Crippen molar-refractivity contribution in [3.05, 3.63) is 98.8 Å². The van der Waals surface area contributed by atoms with Crippen LogP contribution in [0.25, 0.3) is 0 Å². The zero-order valence-corrected chi connectivity index (χ0v) is 19.9. The lowest BCUT2D eigenvalue weighted by Gasteiger charge is -2.10. The van der Waals surface area contributed by atoms with E-state index in [1.165, 1.54) is 31.2 Å². The number of nitrogens with one attached hydrogen (secondary N) is 1.